The van der Waals surface area contributed by atoms with Crippen molar-refractivity contribution < 1.29 is 22.8 Å². The first-order chi connectivity index (χ1) is 12.2. The van der Waals surface area contributed by atoms with Gasteiger partial charge in [-0.25, -0.2) is 0 Å². The lowest BCUT2D eigenvalue weighted by molar-refractivity contribution is -0.185. The van der Waals surface area contributed by atoms with Gasteiger partial charge in [-0.05, 0) is 50.9 Å². The summed E-state index contributed by atoms with van der Waals surface area (Å²) in [5.74, 6) is -2.04. The number of benzene rings is 1. The molecule has 27 heavy (non-hydrogen) atoms. The molecule has 1 saturated heterocycles. The van der Waals surface area contributed by atoms with Gasteiger partial charge >= 0.3 is 12.1 Å². The number of amides is 2. The van der Waals surface area contributed by atoms with E-state index in [-0.39, 0.29) is 43.4 Å². The van der Waals surface area contributed by atoms with Crippen LogP contribution in [0.5, 0.6) is 0 Å². The lowest BCUT2D eigenvalue weighted by Gasteiger charge is -2.27. The van der Waals surface area contributed by atoms with Crippen LogP contribution in [0.2, 0.25) is 0 Å². The molecule has 0 spiro atoms. The summed E-state index contributed by atoms with van der Waals surface area (Å²) in [7, 11) is 0. The molecule has 9 heteroatoms. The molecule has 0 unspecified atom stereocenters. The summed E-state index contributed by atoms with van der Waals surface area (Å²) >= 11 is 0. The van der Waals surface area contributed by atoms with Crippen molar-refractivity contribution in [3.8, 4) is 0 Å². The van der Waals surface area contributed by atoms with E-state index in [1.807, 2.05) is 6.92 Å². The van der Waals surface area contributed by atoms with Crippen molar-refractivity contribution in [3.63, 3.8) is 0 Å². The van der Waals surface area contributed by atoms with E-state index in [0.717, 1.165) is 24.3 Å². The number of piperidine rings is 1. The maximum Gasteiger partial charge on any atom is 0.471 e. The molecule has 1 aromatic rings. The van der Waals surface area contributed by atoms with Crippen LogP contribution in [-0.2, 0) is 16.1 Å². The van der Waals surface area contributed by atoms with Crippen LogP contribution in [0.3, 0.4) is 0 Å². The molecule has 2 rings (SSSR count). The van der Waals surface area contributed by atoms with E-state index in [1.54, 1.807) is 24.3 Å². The zero-order valence-corrected chi connectivity index (χ0v) is 16.1. The van der Waals surface area contributed by atoms with Crippen LogP contribution < -0.4 is 10.6 Å². The molecule has 0 aromatic heterocycles. The van der Waals surface area contributed by atoms with Crippen molar-refractivity contribution in [2.24, 2.45) is 5.92 Å². The number of carbonyl (C=O) groups excluding carboxylic acids is 2. The quantitative estimate of drug-likeness (QED) is 0.787. The highest BCUT2D eigenvalue weighted by atomic mass is 35.5. The molecule has 1 aromatic carbocycles. The molecule has 152 valence electrons. The van der Waals surface area contributed by atoms with Crippen molar-refractivity contribution in [1.82, 2.24) is 10.2 Å². The number of carbonyl (C=O) groups is 2. The standard InChI is InChI=1S/C18H24F3N3O2.ClH/c1-3-24(17(26)18(19,20)21)11-13-5-4-6-15(10-13)23-16(25)14-7-8-22-12(2)9-14;/h4-6,10,12,14,22H,3,7-9,11H2,1-2H3,(H,23,25);1H/t12-,14-;/m0./s1. The highest BCUT2D eigenvalue weighted by Crippen LogP contribution is 2.22. The van der Waals surface area contributed by atoms with Crippen molar-refractivity contribution >= 4 is 29.9 Å². The first-order valence-electron chi connectivity index (χ1n) is 8.70. The number of alkyl halides is 3. The van der Waals surface area contributed by atoms with Gasteiger partial charge in [0.15, 0.2) is 0 Å². The lowest BCUT2D eigenvalue weighted by atomic mass is 9.92. The first-order valence-corrected chi connectivity index (χ1v) is 8.70. The van der Waals surface area contributed by atoms with E-state index >= 15 is 0 Å². The molecule has 2 N–H and O–H groups in total. The highest BCUT2D eigenvalue weighted by molar-refractivity contribution is 5.92. The Morgan fingerprint density at radius 1 is 1.33 bits per heavy atom. The average Bonchev–Trinajstić information content (AvgIpc) is 2.58. The minimum absolute atomic E-state index is 0. The maximum atomic E-state index is 12.6. The van der Waals surface area contributed by atoms with E-state index in [4.69, 9.17) is 0 Å². The molecule has 1 aliphatic heterocycles. The summed E-state index contributed by atoms with van der Waals surface area (Å²) < 4.78 is 37.9. The van der Waals surface area contributed by atoms with Crippen LogP contribution in [0.4, 0.5) is 18.9 Å². The van der Waals surface area contributed by atoms with E-state index in [9.17, 15) is 22.8 Å². The molecule has 2 atom stereocenters. The van der Waals surface area contributed by atoms with Gasteiger partial charge in [0, 0.05) is 30.7 Å². The van der Waals surface area contributed by atoms with Crippen molar-refractivity contribution in [1.29, 1.82) is 0 Å². The number of anilines is 1. The molecule has 0 aliphatic carbocycles. The second-order valence-electron chi connectivity index (χ2n) is 6.58. The monoisotopic (exact) mass is 407 g/mol. The normalized spacial score (nSPS) is 19.7. The smallest absolute Gasteiger partial charge is 0.331 e. The number of hydrogen-bond donors (Lipinski definition) is 2. The van der Waals surface area contributed by atoms with Crippen molar-refractivity contribution in [3.05, 3.63) is 29.8 Å². The predicted octanol–water partition coefficient (Wildman–Crippen LogP) is 3.35. The molecule has 0 saturated carbocycles. The fourth-order valence-corrected chi connectivity index (χ4v) is 3.09. The number of hydrogen-bond acceptors (Lipinski definition) is 3. The third kappa shape index (κ3) is 6.70. The van der Waals surface area contributed by atoms with Gasteiger partial charge in [-0.3, -0.25) is 9.59 Å². The molecule has 0 bridgehead atoms. The number of rotatable bonds is 5. The first kappa shape index (κ1) is 23.2. The van der Waals surface area contributed by atoms with E-state index in [1.165, 1.54) is 6.92 Å². The van der Waals surface area contributed by atoms with Crippen LogP contribution in [0.15, 0.2) is 24.3 Å². The van der Waals surface area contributed by atoms with Crippen molar-refractivity contribution in [2.75, 3.05) is 18.4 Å². The van der Waals surface area contributed by atoms with Crippen LogP contribution in [0, 0.1) is 5.92 Å². The molecule has 1 heterocycles. The summed E-state index contributed by atoms with van der Waals surface area (Å²) in [5.41, 5.74) is 1.05. The van der Waals surface area contributed by atoms with E-state index < -0.39 is 12.1 Å². The average molecular weight is 408 g/mol. The molecule has 2 amide bonds. The van der Waals surface area contributed by atoms with E-state index in [2.05, 4.69) is 10.6 Å². The molecule has 0 radical (unpaired) electrons. The Labute approximate surface area is 163 Å². The van der Waals surface area contributed by atoms with Gasteiger partial charge < -0.3 is 15.5 Å². The summed E-state index contributed by atoms with van der Waals surface area (Å²) in [5, 5.41) is 6.11. The Bertz CT molecular complexity index is 655. The molecule has 1 fully saturated rings. The number of halogens is 4. The van der Waals surface area contributed by atoms with Gasteiger partial charge in [0.2, 0.25) is 5.91 Å². The minimum Gasteiger partial charge on any atom is -0.331 e. The van der Waals surface area contributed by atoms with Gasteiger partial charge in [-0.15, -0.1) is 12.4 Å². The SMILES string of the molecule is CCN(Cc1cccc(NC(=O)[C@H]2CCN[C@@H](C)C2)c1)C(=O)C(F)(F)F.Cl. The Hall–Kier alpha value is -1.80. The van der Waals surface area contributed by atoms with E-state index in [0.29, 0.717) is 11.3 Å². The Morgan fingerprint density at radius 2 is 2.04 bits per heavy atom. The fourth-order valence-electron chi connectivity index (χ4n) is 3.09. The summed E-state index contributed by atoms with van der Waals surface area (Å²) in [6, 6.07) is 6.86. The third-order valence-corrected chi connectivity index (χ3v) is 4.47. The topological polar surface area (TPSA) is 61.4 Å². The second kappa shape index (κ2) is 9.94. The van der Waals surface area contributed by atoms with Gasteiger partial charge in [0.05, 0.1) is 0 Å². The lowest BCUT2D eigenvalue weighted by Crippen LogP contribution is -2.40. The summed E-state index contributed by atoms with van der Waals surface area (Å²) in [6.45, 7) is 4.08. The minimum atomic E-state index is -4.90. The Kier molecular flexibility index (Phi) is 8.56. The Morgan fingerprint density at radius 3 is 2.63 bits per heavy atom. The van der Waals surface area contributed by atoms with Crippen molar-refractivity contribution in [2.45, 2.75) is 45.5 Å². The van der Waals surface area contributed by atoms with Crippen LogP contribution >= 0.6 is 12.4 Å². The Balaban J connectivity index is 0.00000364. The predicted molar refractivity (Wildman–Crippen MR) is 99.7 cm³/mol. The number of nitrogens with zero attached hydrogens (tertiary/aromatic N) is 1. The zero-order valence-electron chi connectivity index (χ0n) is 15.3. The second-order valence-corrected chi connectivity index (χ2v) is 6.58. The number of nitrogens with one attached hydrogen (secondary N) is 2. The third-order valence-electron chi connectivity index (χ3n) is 4.47. The van der Waals surface area contributed by atoms with Gasteiger partial charge in [0.25, 0.3) is 0 Å². The van der Waals surface area contributed by atoms with Crippen LogP contribution in [0.25, 0.3) is 0 Å². The van der Waals surface area contributed by atoms with Gasteiger partial charge in [-0.2, -0.15) is 13.2 Å². The molecule has 5 nitrogen and oxygen atoms in total. The maximum absolute atomic E-state index is 12.6. The molecular formula is C18H25ClF3N3O2. The van der Waals surface area contributed by atoms with Crippen LogP contribution in [0.1, 0.15) is 32.3 Å². The summed E-state index contributed by atoms with van der Waals surface area (Å²) in [6.07, 6.45) is -3.40. The fraction of sp³-hybridized carbons (Fsp3) is 0.556. The van der Waals surface area contributed by atoms with Gasteiger partial charge in [-0.1, -0.05) is 12.1 Å². The molecule has 1 aliphatic rings. The van der Waals surface area contributed by atoms with Crippen LogP contribution in [-0.4, -0.2) is 42.0 Å². The van der Waals surface area contributed by atoms with Gasteiger partial charge in [0.1, 0.15) is 0 Å². The molecular weight excluding hydrogens is 383 g/mol. The highest BCUT2D eigenvalue weighted by Gasteiger charge is 2.41. The largest absolute Gasteiger partial charge is 0.471 e. The zero-order chi connectivity index (χ0) is 19.3. The summed E-state index contributed by atoms with van der Waals surface area (Å²) in [4.78, 5) is 24.5.